The number of anilines is 1. The molecule has 4 nitrogen and oxygen atoms in total. The summed E-state index contributed by atoms with van der Waals surface area (Å²) >= 11 is 0. The molecule has 0 spiro atoms. The maximum atomic E-state index is 13.7. The van der Waals surface area contributed by atoms with Crippen LogP contribution in [-0.2, 0) is 0 Å². The predicted octanol–water partition coefficient (Wildman–Crippen LogP) is 1.11. The highest BCUT2D eigenvalue weighted by Crippen LogP contribution is 2.29. The van der Waals surface area contributed by atoms with Crippen LogP contribution in [0.5, 0.6) is 0 Å². The highest BCUT2D eigenvalue weighted by molar-refractivity contribution is 5.99. The number of hydrogen-bond acceptors (Lipinski definition) is 3. The fraction of sp³-hybridized carbons (Fsp3) is 0.462. The molecule has 1 unspecified atom stereocenters. The standard InChI is InChI=1S/C13H18FN3O/c1-16-8-9-4-3-7-17(9)11-6-2-5-10(14)12(11)13(15)18/h2,5-6,9,16H,3-4,7-8H2,1H3,(H2,15,18). The van der Waals surface area contributed by atoms with E-state index in [1.807, 2.05) is 7.05 Å². The number of halogens is 1. The van der Waals surface area contributed by atoms with Gasteiger partial charge >= 0.3 is 0 Å². The Morgan fingerprint density at radius 2 is 2.39 bits per heavy atom. The first kappa shape index (κ1) is 12.8. The zero-order chi connectivity index (χ0) is 13.1. The molecule has 1 aliphatic rings. The number of carbonyl (C=O) groups is 1. The van der Waals surface area contributed by atoms with Crippen LogP contribution in [0, 0.1) is 5.82 Å². The number of hydrogen-bond donors (Lipinski definition) is 2. The van der Waals surface area contributed by atoms with Gasteiger partial charge in [-0.3, -0.25) is 4.79 Å². The van der Waals surface area contributed by atoms with E-state index in [0.717, 1.165) is 25.9 Å². The average molecular weight is 251 g/mol. The lowest BCUT2D eigenvalue weighted by atomic mass is 10.1. The minimum Gasteiger partial charge on any atom is -0.367 e. The Balaban J connectivity index is 2.38. The molecule has 0 bridgehead atoms. The van der Waals surface area contributed by atoms with Gasteiger partial charge in [-0.05, 0) is 32.0 Å². The zero-order valence-electron chi connectivity index (χ0n) is 10.4. The molecule has 1 aromatic carbocycles. The topological polar surface area (TPSA) is 58.4 Å². The molecule has 1 amide bonds. The maximum Gasteiger partial charge on any atom is 0.253 e. The van der Waals surface area contributed by atoms with Crippen molar-refractivity contribution in [3.8, 4) is 0 Å². The first-order valence-electron chi connectivity index (χ1n) is 6.14. The molecule has 3 N–H and O–H groups in total. The van der Waals surface area contributed by atoms with Crippen LogP contribution in [-0.4, -0.2) is 32.1 Å². The number of primary amides is 1. The average Bonchev–Trinajstić information content (AvgIpc) is 2.76. The van der Waals surface area contributed by atoms with E-state index in [9.17, 15) is 9.18 Å². The van der Waals surface area contributed by atoms with E-state index in [0.29, 0.717) is 5.69 Å². The fourth-order valence-corrected chi connectivity index (χ4v) is 2.60. The summed E-state index contributed by atoms with van der Waals surface area (Å²) in [5, 5.41) is 3.12. The number of amides is 1. The third kappa shape index (κ3) is 2.31. The second-order valence-electron chi connectivity index (χ2n) is 4.55. The number of carbonyl (C=O) groups excluding carboxylic acids is 1. The van der Waals surface area contributed by atoms with Gasteiger partial charge in [-0.15, -0.1) is 0 Å². The van der Waals surface area contributed by atoms with Crippen molar-refractivity contribution in [3.05, 3.63) is 29.6 Å². The monoisotopic (exact) mass is 251 g/mol. The van der Waals surface area contributed by atoms with E-state index in [1.54, 1.807) is 12.1 Å². The van der Waals surface area contributed by atoms with E-state index < -0.39 is 11.7 Å². The van der Waals surface area contributed by atoms with Crippen LogP contribution in [0.3, 0.4) is 0 Å². The van der Waals surface area contributed by atoms with E-state index in [4.69, 9.17) is 5.73 Å². The fourth-order valence-electron chi connectivity index (χ4n) is 2.60. The first-order chi connectivity index (χ1) is 8.65. The summed E-state index contributed by atoms with van der Waals surface area (Å²) in [6, 6.07) is 4.94. The molecule has 0 radical (unpaired) electrons. The number of likely N-dealkylation sites (N-methyl/N-ethyl adjacent to an activating group) is 1. The summed E-state index contributed by atoms with van der Waals surface area (Å²) in [6.07, 6.45) is 2.08. The molecule has 1 saturated heterocycles. The van der Waals surface area contributed by atoms with Gasteiger partial charge in [0.1, 0.15) is 5.82 Å². The van der Waals surface area contributed by atoms with Crippen molar-refractivity contribution in [3.63, 3.8) is 0 Å². The second kappa shape index (κ2) is 5.35. The molecule has 5 heteroatoms. The molecule has 0 aromatic heterocycles. The van der Waals surface area contributed by atoms with Gasteiger partial charge < -0.3 is 16.0 Å². The molecule has 1 atom stereocenters. The van der Waals surface area contributed by atoms with Crippen LogP contribution in [0.1, 0.15) is 23.2 Å². The quantitative estimate of drug-likeness (QED) is 0.843. The van der Waals surface area contributed by atoms with E-state index in [-0.39, 0.29) is 11.6 Å². The summed E-state index contributed by atoms with van der Waals surface area (Å²) in [5.41, 5.74) is 5.89. The molecule has 1 fully saturated rings. The highest BCUT2D eigenvalue weighted by Gasteiger charge is 2.28. The van der Waals surface area contributed by atoms with Crippen molar-refractivity contribution in [1.82, 2.24) is 5.32 Å². The number of rotatable bonds is 4. The summed E-state index contributed by atoms with van der Waals surface area (Å²) in [4.78, 5) is 13.5. The predicted molar refractivity (Wildman–Crippen MR) is 69.2 cm³/mol. The maximum absolute atomic E-state index is 13.7. The largest absolute Gasteiger partial charge is 0.367 e. The SMILES string of the molecule is CNCC1CCCN1c1cccc(F)c1C(N)=O. The Morgan fingerprint density at radius 1 is 1.61 bits per heavy atom. The van der Waals surface area contributed by atoms with Crippen molar-refractivity contribution in [1.29, 1.82) is 0 Å². The third-order valence-corrected chi connectivity index (χ3v) is 3.36. The van der Waals surface area contributed by atoms with E-state index in [2.05, 4.69) is 10.2 Å². The van der Waals surface area contributed by atoms with Crippen LogP contribution < -0.4 is 16.0 Å². The Labute approximate surface area is 106 Å². The van der Waals surface area contributed by atoms with Crippen molar-refractivity contribution in [2.45, 2.75) is 18.9 Å². The summed E-state index contributed by atoms with van der Waals surface area (Å²) in [5.74, 6) is -1.26. The molecule has 18 heavy (non-hydrogen) atoms. The van der Waals surface area contributed by atoms with Crippen LogP contribution in [0.4, 0.5) is 10.1 Å². The van der Waals surface area contributed by atoms with Crippen LogP contribution in [0.25, 0.3) is 0 Å². The molecule has 1 aliphatic heterocycles. The van der Waals surface area contributed by atoms with Crippen LogP contribution in [0.15, 0.2) is 18.2 Å². The molecule has 1 aromatic rings. The van der Waals surface area contributed by atoms with Gasteiger partial charge in [0.15, 0.2) is 0 Å². The van der Waals surface area contributed by atoms with Crippen molar-refractivity contribution >= 4 is 11.6 Å². The lowest BCUT2D eigenvalue weighted by Gasteiger charge is -2.28. The van der Waals surface area contributed by atoms with Gasteiger partial charge in [-0.25, -0.2) is 4.39 Å². The van der Waals surface area contributed by atoms with Crippen molar-refractivity contribution < 1.29 is 9.18 Å². The first-order valence-corrected chi connectivity index (χ1v) is 6.14. The Hall–Kier alpha value is -1.62. The zero-order valence-corrected chi connectivity index (χ0v) is 10.4. The molecule has 2 rings (SSSR count). The van der Waals surface area contributed by atoms with Crippen molar-refractivity contribution in [2.24, 2.45) is 5.73 Å². The molecule has 98 valence electrons. The normalized spacial score (nSPS) is 19.2. The van der Waals surface area contributed by atoms with Crippen LogP contribution in [0.2, 0.25) is 0 Å². The third-order valence-electron chi connectivity index (χ3n) is 3.36. The van der Waals surface area contributed by atoms with Gasteiger partial charge in [0.2, 0.25) is 0 Å². The molecule has 1 heterocycles. The smallest absolute Gasteiger partial charge is 0.253 e. The minimum atomic E-state index is -0.710. The lowest BCUT2D eigenvalue weighted by molar-refractivity contribution is 0.0997. The lowest BCUT2D eigenvalue weighted by Crippen LogP contribution is -2.38. The summed E-state index contributed by atoms with van der Waals surface area (Å²) in [6.45, 7) is 1.64. The number of nitrogens with two attached hydrogens (primary N) is 1. The van der Waals surface area contributed by atoms with Crippen molar-refractivity contribution in [2.75, 3.05) is 25.0 Å². The van der Waals surface area contributed by atoms with Gasteiger partial charge in [0, 0.05) is 19.1 Å². The number of nitrogens with one attached hydrogen (secondary N) is 1. The minimum absolute atomic E-state index is 0.000466. The molecule has 0 aliphatic carbocycles. The van der Waals surface area contributed by atoms with E-state index in [1.165, 1.54) is 6.07 Å². The summed E-state index contributed by atoms with van der Waals surface area (Å²) < 4.78 is 13.7. The molecule has 0 saturated carbocycles. The Bertz CT molecular complexity index is 450. The van der Waals surface area contributed by atoms with Gasteiger partial charge in [0.05, 0.1) is 11.3 Å². The second-order valence-corrected chi connectivity index (χ2v) is 4.55. The van der Waals surface area contributed by atoms with E-state index >= 15 is 0 Å². The Morgan fingerprint density at radius 3 is 3.06 bits per heavy atom. The van der Waals surface area contributed by atoms with Gasteiger partial charge in [-0.1, -0.05) is 6.07 Å². The molecular formula is C13H18FN3O. The highest BCUT2D eigenvalue weighted by atomic mass is 19.1. The summed E-state index contributed by atoms with van der Waals surface area (Å²) in [7, 11) is 1.89. The molecular weight excluding hydrogens is 233 g/mol. The van der Waals surface area contributed by atoms with Crippen LogP contribution >= 0.6 is 0 Å². The van der Waals surface area contributed by atoms with Gasteiger partial charge in [-0.2, -0.15) is 0 Å². The Kier molecular flexibility index (Phi) is 3.81. The van der Waals surface area contributed by atoms with Gasteiger partial charge in [0.25, 0.3) is 5.91 Å². The number of benzene rings is 1. The number of nitrogens with zero attached hydrogens (tertiary/aromatic N) is 1.